The van der Waals surface area contributed by atoms with E-state index in [1.165, 1.54) is 6.26 Å². The molecule has 0 amide bonds. The zero-order chi connectivity index (χ0) is 16.4. The largest absolute Gasteiger partial charge is 0.369 e. The number of hydrogen-bond donors (Lipinski definition) is 1. The summed E-state index contributed by atoms with van der Waals surface area (Å²) >= 11 is 3.54. The van der Waals surface area contributed by atoms with Crippen LogP contribution in [0.1, 0.15) is 57.8 Å². The van der Waals surface area contributed by atoms with Crippen molar-refractivity contribution in [3.05, 3.63) is 16.0 Å². The van der Waals surface area contributed by atoms with Gasteiger partial charge in [-0.3, -0.25) is 0 Å². The van der Waals surface area contributed by atoms with E-state index in [-0.39, 0.29) is 5.41 Å². The molecule has 1 aromatic heterocycles. The van der Waals surface area contributed by atoms with Crippen LogP contribution in [0.4, 0.5) is 5.82 Å². The SMILES string of the molecule is CCCNc1nc(C(C)S(C)(=O)=O)nc(C(C)(C)C)c1Br. The first-order valence-electron chi connectivity index (χ1n) is 6.99. The van der Waals surface area contributed by atoms with Gasteiger partial charge in [-0.1, -0.05) is 27.7 Å². The van der Waals surface area contributed by atoms with E-state index < -0.39 is 15.1 Å². The zero-order valence-corrected chi connectivity index (χ0v) is 15.9. The molecule has 0 aliphatic carbocycles. The second-order valence-electron chi connectivity index (χ2n) is 6.24. The maximum Gasteiger partial charge on any atom is 0.157 e. The van der Waals surface area contributed by atoms with Gasteiger partial charge < -0.3 is 5.32 Å². The minimum absolute atomic E-state index is 0.212. The Hall–Kier alpha value is -0.690. The third-order valence-corrected chi connectivity index (χ3v) is 5.37. The third-order valence-electron chi connectivity index (χ3n) is 3.13. The van der Waals surface area contributed by atoms with E-state index in [0.29, 0.717) is 11.6 Å². The van der Waals surface area contributed by atoms with E-state index in [0.717, 1.165) is 23.1 Å². The molecule has 0 saturated carbocycles. The Kier molecular flexibility index (Phi) is 5.77. The van der Waals surface area contributed by atoms with Crippen LogP contribution in [-0.2, 0) is 15.3 Å². The molecule has 120 valence electrons. The van der Waals surface area contributed by atoms with Gasteiger partial charge in [-0.15, -0.1) is 0 Å². The van der Waals surface area contributed by atoms with Gasteiger partial charge in [0.2, 0.25) is 0 Å². The molecule has 7 heteroatoms. The molecule has 1 atom stereocenters. The van der Waals surface area contributed by atoms with Crippen LogP contribution < -0.4 is 5.32 Å². The van der Waals surface area contributed by atoms with Crippen LogP contribution in [0, 0.1) is 0 Å². The number of hydrogen-bond acceptors (Lipinski definition) is 5. The van der Waals surface area contributed by atoms with E-state index in [1.54, 1.807) is 6.92 Å². The molecule has 0 saturated heterocycles. The normalized spacial score (nSPS) is 14.0. The summed E-state index contributed by atoms with van der Waals surface area (Å²) in [5, 5.41) is 2.50. The summed E-state index contributed by atoms with van der Waals surface area (Å²) < 4.78 is 24.4. The summed E-state index contributed by atoms with van der Waals surface area (Å²) in [7, 11) is -3.24. The van der Waals surface area contributed by atoms with E-state index in [4.69, 9.17) is 0 Å². The summed E-state index contributed by atoms with van der Waals surface area (Å²) in [6, 6.07) is 0. The number of nitrogens with zero attached hydrogens (tertiary/aromatic N) is 2. The van der Waals surface area contributed by atoms with Gasteiger partial charge in [0, 0.05) is 18.2 Å². The van der Waals surface area contributed by atoms with Crippen LogP contribution >= 0.6 is 15.9 Å². The quantitative estimate of drug-likeness (QED) is 0.850. The molecule has 1 heterocycles. The van der Waals surface area contributed by atoms with Crippen molar-refractivity contribution in [2.45, 2.75) is 51.7 Å². The van der Waals surface area contributed by atoms with Gasteiger partial charge in [-0.05, 0) is 29.3 Å². The number of sulfone groups is 1. The molecule has 0 radical (unpaired) electrons. The average molecular weight is 378 g/mol. The highest BCUT2D eigenvalue weighted by molar-refractivity contribution is 9.10. The molecule has 0 spiro atoms. The van der Waals surface area contributed by atoms with Crippen LogP contribution in [0.15, 0.2) is 4.47 Å². The molecule has 0 fully saturated rings. The zero-order valence-electron chi connectivity index (χ0n) is 13.5. The highest BCUT2D eigenvalue weighted by Gasteiger charge is 2.27. The Morgan fingerprint density at radius 3 is 2.29 bits per heavy atom. The average Bonchev–Trinajstić information content (AvgIpc) is 2.34. The Morgan fingerprint density at radius 1 is 1.29 bits per heavy atom. The fraction of sp³-hybridized carbons (Fsp3) is 0.714. The molecule has 1 N–H and O–H groups in total. The molecule has 21 heavy (non-hydrogen) atoms. The second kappa shape index (κ2) is 6.60. The highest BCUT2D eigenvalue weighted by Crippen LogP contribution is 2.34. The molecular formula is C14H24BrN3O2S. The van der Waals surface area contributed by atoms with Crippen molar-refractivity contribution < 1.29 is 8.42 Å². The Morgan fingerprint density at radius 2 is 1.86 bits per heavy atom. The number of nitrogens with one attached hydrogen (secondary N) is 1. The number of rotatable bonds is 5. The Bertz CT molecular complexity index is 609. The molecule has 0 aliphatic heterocycles. The van der Waals surface area contributed by atoms with Crippen molar-refractivity contribution in [2.24, 2.45) is 0 Å². The van der Waals surface area contributed by atoms with E-state index in [1.807, 2.05) is 20.8 Å². The minimum atomic E-state index is -3.24. The second-order valence-corrected chi connectivity index (χ2v) is 9.40. The Balaban J connectivity index is 3.46. The van der Waals surface area contributed by atoms with Crippen molar-refractivity contribution in [1.29, 1.82) is 0 Å². The predicted octanol–water partition coefficient (Wildman–Crippen LogP) is 3.46. The molecule has 1 aromatic rings. The summed E-state index contributed by atoms with van der Waals surface area (Å²) in [5.41, 5.74) is 0.595. The number of anilines is 1. The van der Waals surface area contributed by atoms with Gasteiger partial charge in [0.1, 0.15) is 16.9 Å². The van der Waals surface area contributed by atoms with Gasteiger partial charge in [0.25, 0.3) is 0 Å². The fourth-order valence-corrected chi connectivity index (χ4v) is 3.10. The van der Waals surface area contributed by atoms with Crippen molar-refractivity contribution in [3.8, 4) is 0 Å². The number of halogens is 1. The van der Waals surface area contributed by atoms with Crippen LogP contribution in [0.25, 0.3) is 0 Å². The van der Waals surface area contributed by atoms with Gasteiger partial charge in [-0.25, -0.2) is 18.4 Å². The predicted molar refractivity (Wildman–Crippen MR) is 90.5 cm³/mol. The highest BCUT2D eigenvalue weighted by atomic mass is 79.9. The van der Waals surface area contributed by atoms with Gasteiger partial charge in [0.05, 0.1) is 10.2 Å². The van der Waals surface area contributed by atoms with Gasteiger partial charge >= 0.3 is 0 Å². The standard InChI is InChI=1S/C14H24BrN3O2S/c1-7-8-16-13-10(15)11(14(3,4)5)17-12(18-13)9(2)21(6,19)20/h9H,7-8H2,1-6H3,(H,16,17,18). The van der Waals surface area contributed by atoms with Crippen molar-refractivity contribution in [1.82, 2.24) is 9.97 Å². The summed E-state index contributed by atoms with van der Waals surface area (Å²) in [6.07, 6.45) is 2.16. The molecule has 0 aliphatic rings. The molecule has 0 bridgehead atoms. The number of aromatic nitrogens is 2. The van der Waals surface area contributed by atoms with Crippen LogP contribution in [0.5, 0.6) is 0 Å². The lowest BCUT2D eigenvalue weighted by atomic mass is 9.92. The van der Waals surface area contributed by atoms with Gasteiger partial charge in [-0.2, -0.15) is 0 Å². The van der Waals surface area contributed by atoms with E-state index in [9.17, 15) is 8.42 Å². The Labute approximate surface area is 136 Å². The van der Waals surface area contributed by atoms with E-state index >= 15 is 0 Å². The lowest BCUT2D eigenvalue weighted by Gasteiger charge is -2.23. The summed E-state index contributed by atoms with van der Waals surface area (Å²) in [6.45, 7) is 10.6. The lowest BCUT2D eigenvalue weighted by Crippen LogP contribution is -2.21. The van der Waals surface area contributed by atoms with E-state index in [2.05, 4.69) is 38.1 Å². The topological polar surface area (TPSA) is 72.0 Å². The molecular weight excluding hydrogens is 354 g/mol. The minimum Gasteiger partial charge on any atom is -0.369 e. The first kappa shape index (κ1) is 18.4. The van der Waals surface area contributed by atoms with Crippen molar-refractivity contribution >= 4 is 31.6 Å². The third kappa shape index (κ3) is 4.64. The van der Waals surface area contributed by atoms with Crippen LogP contribution in [-0.4, -0.2) is 31.2 Å². The molecule has 1 unspecified atom stereocenters. The molecule has 1 rings (SSSR count). The van der Waals surface area contributed by atoms with Crippen LogP contribution in [0.2, 0.25) is 0 Å². The first-order valence-corrected chi connectivity index (χ1v) is 9.73. The maximum absolute atomic E-state index is 11.8. The summed E-state index contributed by atoms with van der Waals surface area (Å²) in [4.78, 5) is 8.90. The molecule has 0 aromatic carbocycles. The monoisotopic (exact) mass is 377 g/mol. The molecule has 5 nitrogen and oxygen atoms in total. The summed E-state index contributed by atoms with van der Waals surface area (Å²) in [5.74, 6) is 0.992. The van der Waals surface area contributed by atoms with Crippen molar-refractivity contribution in [3.63, 3.8) is 0 Å². The maximum atomic E-state index is 11.8. The fourth-order valence-electron chi connectivity index (χ4n) is 1.70. The van der Waals surface area contributed by atoms with Gasteiger partial charge in [0.15, 0.2) is 9.84 Å². The van der Waals surface area contributed by atoms with Crippen LogP contribution in [0.3, 0.4) is 0 Å². The lowest BCUT2D eigenvalue weighted by molar-refractivity contribution is 0.554. The van der Waals surface area contributed by atoms with Crippen molar-refractivity contribution in [2.75, 3.05) is 18.1 Å². The first-order chi connectivity index (χ1) is 9.48. The smallest absolute Gasteiger partial charge is 0.157 e.